The molecule has 0 fully saturated rings. The van der Waals surface area contributed by atoms with Crippen LogP contribution in [0.3, 0.4) is 0 Å². The number of hydrogen-bond donors (Lipinski definition) is 2. The van der Waals surface area contributed by atoms with Crippen molar-refractivity contribution in [2.45, 2.75) is 39.1 Å². The van der Waals surface area contributed by atoms with Crippen molar-refractivity contribution < 1.29 is 19.7 Å². The Bertz CT molecular complexity index is 122. The number of aliphatic hydroxyl groups excluding tert-OH is 1. The molecule has 0 saturated heterocycles. The summed E-state index contributed by atoms with van der Waals surface area (Å²) in [4.78, 5) is 10.4. The Kier molecular flexibility index (Phi) is 4.81. The molecular weight excluding hydrogens is 148 g/mol. The molecule has 0 aromatic heterocycles. The van der Waals surface area contributed by atoms with Crippen molar-refractivity contribution in [3.8, 4) is 0 Å². The number of hydrogen-bond acceptors (Lipinski definition) is 4. The maximum Gasteiger partial charge on any atom is 0.302 e. The second kappa shape index (κ2) is 5.09. The third-order valence-electron chi connectivity index (χ3n) is 1.26. The van der Waals surface area contributed by atoms with Crippen molar-refractivity contribution in [3.63, 3.8) is 0 Å². The van der Waals surface area contributed by atoms with Crippen LogP contribution in [-0.2, 0) is 9.53 Å². The summed E-state index contributed by atoms with van der Waals surface area (Å²) in [5.41, 5.74) is 0. The molecule has 1 unspecified atom stereocenters. The van der Waals surface area contributed by atoms with Gasteiger partial charge in [-0.05, 0) is 6.42 Å². The van der Waals surface area contributed by atoms with Crippen LogP contribution in [0.2, 0.25) is 0 Å². The quantitative estimate of drug-likeness (QED) is 0.452. The van der Waals surface area contributed by atoms with Gasteiger partial charge in [-0.2, -0.15) is 0 Å². The Labute approximate surface area is 65.8 Å². The molecule has 0 radical (unpaired) electrons. The molecule has 0 aromatic rings. The lowest BCUT2D eigenvalue weighted by Gasteiger charge is -2.15. The fraction of sp³-hybridized carbons (Fsp3) is 0.857. The highest BCUT2D eigenvalue weighted by atomic mass is 16.5. The summed E-state index contributed by atoms with van der Waals surface area (Å²) in [7, 11) is 0. The normalized spacial score (nSPS) is 13.2. The first kappa shape index (κ1) is 10.4. The zero-order chi connectivity index (χ0) is 8.85. The minimum Gasteiger partial charge on any atom is -0.462 e. The monoisotopic (exact) mass is 162 g/mol. The maximum absolute atomic E-state index is 10.4. The van der Waals surface area contributed by atoms with Gasteiger partial charge in [-0.25, -0.2) is 0 Å². The van der Waals surface area contributed by atoms with Gasteiger partial charge in [0, 0.05) is 13.3 Å². The summed E-state index contributed by atoms with van der Waals surface area (Å²) in [5, 5.41) is 17.1. The van der Waals surface area contributed by atoms with Crippen molar-refractivity contribution in [3.05, 3.63) is 0 Å². The number of carbonyl (C=O) groups excluding carboxylic acids is 1. The Morgan fingerprint density at radius 3 is 2.36 bits per heavy atom. The average molecular weight is 162 g/mol. The molecule has 1 atom stereocenters. The van der Waals surface area contributed by atoms with Gasteiger partial charge in [0.1, 0.15) is 6.10 Å². The Morgan fingerprint density at radius 2 is 2.09 bits per heavy atom. The first-order valence-electron chi connectivity index (χ1n) is 3.59. The first-order valence-corrected chi connectivity index (χ1v) is 3.59. The summed E-state index contributed by atoms with van der Waals surface area (Å²) >= 11 is 0. The van der Waals surface area contributed by atoms with E-state index in [4.69, 9.17) is 14.9 Å². The van der Waals surface area contributed by atoms with Gasteiger partial charge in [-0.3, -0.25) is 4.79 Å². The van der Waals surface area contributed by atoms with Crippen molar-refractivity contribution >= 4 is 5.97 Å². The molecule has 0 rings (SSSR count). The molecule has 0 bridgehead atoms. The van der Waals surface area contributed by atoms with E-state index >= 15 is 0 Å². The molecule has 66 valence electrons. The molecular formula is C7H14O4. The summed E-state index contributed by atoms with van der Waals surface area (Å²) in [5.74, 6) is -0.391. The van der Waals surface area contributed by atoms with E-state index in [1.807, 2.05) is 6.92 Å². The lowest BCUT2D eigenvalue weighted by molar-refractivity contribution is -0.151. The van der Waals surface area contributed by atoms with Gasteiger partial charge < -0.3 is 14.9 Å². The van der Waals surface area contributed by atoms with Gasteiger partial charge in [0.05, 0.1) is 0 Å². The minimum absolute atomic E-state index is 0.0794. The van der Waals surface area contributed by atoms with Gasteiger partial charge >= 0.3 is 5.97 Å². The van der Waals surface area contributed by atoms with Crippen LogP contribution in [0.1, 0.15) is 26.7 Å². The minimum atomic E-state index is -1.40. The third-order valence-corrected chi connectivity index (χ3v) is 1.26. The zero-order valence-electron chi connectivity index (χ0n) is 6.78. The van der Waals surface area contributed by atoms with Crippen molar-refractivity contribution in [2.75, 3.05) is 0 Å². The lowest BCUT2D eigenvalue weighted by Crippen LogP contribution is -2.21. The highest BCUT2D eigenvalue weighted by Gasteiger charge is 2.12. The highest BCUT2D eigenvalue weighted by molar-refractivity contribution is 5.66. The summed E-state index contributed by atoms with van der Waals surface area (Å²) in [6, 6.07) is 0. The lowest BCUT2D eigenvalue weighted by atomic mass is 10.2. The van der Waals surface area contributed by atoms with E-state index in [9.17, 15) is 4.79 Å². The zero-order valence-corrected chi connectivity index (χ0v) is 6.78. The number of esters is 1. The number of rotatable bonds is 4. The van der Waals surface area contributed by atoms with Crippen LogP contribution >= 0.6 is 0 Å². The van der Waals surface area contributed by atoms with E-state index in [2.05, 4.69) is 0 Å². The van der Waals surface area contributed by atoms with Crippen LogP contribution in [0.4, 0.5) is 0 Å². The van der Waals surface area contributed by atoms with Crippen LogP contribution in [0.15, 0.2) is 0 Å². The second-order valence-electron chi connectivity index (χ2n) is 2.36. The summed E-state index contributed by atoms with van der Waals surface area (Å²) < 4.78 is 4.75. The fourth-order valence-electron chi connectivity index (χ4n) is 0.768. The molecule has 0 aliphatic heterocycles. The Hall–Kier alpha value is -0.610. The molecule has 4 heteroatoms. The van der Waals surface area contributed by atoms with Crippen LogP contribution < -0.4 is 0 Å². The smallest absolute Gasteiger partial charge is 0.302 e. The largest absolute Gasteiger partial charge is 0.462 e. The van der Waals surface area contributed by atoms with Crippen molar-refractivity contribution in [1.29, 1.82) is 0 Å². The molecule has 0 saturated carbocycles. The summed E-state index contributed by atoms with van der Waals surface area (Å²) in [6.45, 7) is 3.11. The van der Waals surface area contributed by atoms with Gasteiger partial charge in [0.2, 0.25) is 0 Å². The number of carbonyl (C=O) groups is 1. The standard InChI is InChI=1S/C7H14O4/c1-3-6(4-7(9)10)11-5(2)8/h6-7,9-10H,3-4H2,1-2H3. The second-order valence-corrected chi connectivity index (χ2v) is 2.36. The molecule has 2 N–H and O–H groups in total. The maximum atomic E-state index is 10.4. The number of aliphatic hydroxyl groups is 2. The predicted molar refractivity (Wildman–Crippen MR) is 38.7 cm³/mol. The molecule has 0 aliphatic carbocycles. The topological polar surface area (TPSA) is 66.8 Å². The van der Waals surface area contributed by atoms with Crippen LogP contribution in [0.25, 0.3) is 0 Å². The van der Waals surface area contributed by atoms with E-state index in [1.165, 1.54) is 6.92 Å². The molecule has 0 aliphatic rings. The fourth-order valence-corrected chi connectivity index (χ4v) is 0.768. The van der Waals surface area contributed by atoms with Crippen molar-refractivity contribution in [1.82, 2.24) is 0 Å². The number of ether oxygens (including phenoxy) is 1. The van der Waals surface area contributed by atoms with Crippen molar-refractivity contribution in [2.24, 2.45) is 0 Å². The van der Waals surface area contributed by atoms with E-state index in [-0.39, 0.29) is 12.5 Å². The molecule has 4 nitrogen and oxygen atoms in total. The van der Waals surface area contributed by atoms with E-state index in [0.29, 0.717) is 6.42 Å². The van der Waals surface area contributed by atoms with Gasteiger partial charge in [0.25, 0.3) is 0 Å². The average Bonchev–Trinajstić information content (AvgIpc) is 1.84. The van der Waals surface area contributed by atoms with Crippen LogP contribution in [-0.4, -0.2) is 28.6 Å². The van der Waals surface area contributed by atoms with E-state index in [0.717, 1.165) is 0 Å². The molecule has 0 amide bonds. The van der Waals surface area contributed by atoms with Crippen LogP contribution in [0, 0.1) is 0 Å². The van der Waals surface area contributed by atoms with Gasteiger partial charge in [0.15, 0.2) is 6.29 Å². The first-order chi connectivity index (χ1) is 5.06. The molecule has 0 heterocycles. The van der Waals surface area contributed by atoms with E-state index < -0.39 is 12.3 Å². The van der Waals surface area contributed by atoms with Gasteiger partial charge in [-0.15, -0.1) is 0 Å². The molecule has 0 aromatic carbocycles. The molecule has 11 heavy (non-hydrogen) atoms. The summed E-state index contributed by atoms with van der Waals surface area (Å²) in [6.07, 6.45) is -1.11. The van der Waals surface area contributed by atoms with E-state index in [1.54, 1.807) is 0 Å². The SMILES string of the molecule is CCC(CC(O)O)OC(C)=O. The highest BCUT2D eigenvalue weighted by Crippen LogP contribution is 2.05. The Morgan fingerprint density at radius 1 is 1.55 bits per heavy atom. The van der Waals surface area contributed by atoms with Crippen LogP contribution in [0.5, 0.6) is 0 Å². The third kappa shape index (κ3) is 5.82. The van der Waals surface area contributed by atoms with Gasteiger partial charge in [-0.1, -0.05) is 6.92 Å². The Balaban J connectivity index is 3.66. The molecule has 0 spiro atoms. The predicted octanol–water partition coefficient (Wildman–Crippen LogP) is 0.0289.